The van der Waals surface area contributed by atoms with Gasteiger partial charge in [-0.15, -0.1) is 0 Å². The van der Waals surface area contributed by atoms with Gasteiger partial charge in [0.15, 0.2) is 0 Å². The largest absolute Gasteiger partial charge is 0.373 e. The van der Waals surface area contributed by atoms with Gasteiger partial charge in [-0.2, -0.15) is 0 Å². The van der Waals surface area contributed by atoms with Crippen molar-refractivity contribution in [2.24, 2.45) is 5.92 Å². The Morgan fingerprint density at radius 2 is 2.04 bits per heavy atom. The van der Waals surface area contributed by atoms with Crippen molar-refractivity contribution in [3.8, 4) is 0 Å². The highest BCUT2D eigenvalue weighted by molar-refractivity contribution is 5.87. The second kappa shape index (κ2) is 9.52. The number of ether oxygens (including phenoxy) is 1. The second-order valence-electron chi connectivity index (χ2n) is 7.26. The molecule has 1 aliphatic heterocycles. The first-order chi connectivity index (χ1) is 12.4. The topological polar surface area (TPSA) is 74.8 Å². The molecule has 1 atom stereocenters. The number of urea groups is 1. The third-order valence-electron chi connectivity index (χ3n) is 4.59. The Kier molecular flexibility index (Phi) is 7.38. The van der Waals surface area contributed by atoms with Gasteiger partial charge in [0.2, 0.25) is 5.91 Å². The zero-order chi connectivity index (χ0) is 19.1. The van der Waals surface area contributed by atoms with Crippen LogP contribution >= 0.6 is 0 Å². The van der Waals surface area contributed by atoms with Crippen LogP contribution in [0.2, 0.25) is 0 Å². The Morgan fingerprint density at radius 1 is 1.35 bits per heavy atom. The van der Waals surface area contributed by atoms with Gasteiger partial charge >= 0.3 is 6.03 Å². The van der Waals surface area contributed by atoms with Crippen molar-refractivity contribution in [1.29, 1.82) is 0 Å². The zero-order valence-corrected chi connectivity index (χ0v) is 16.1. The number of carbonyl (C=O) groups excluding carboxylic acids is 2. The normalized spacial score (nSPS) is 16.4. The molecule has 0 radical (unpaired) electrons. The minimum atomic E-state index is -0.503. The molecule has 3 amide bonds. The molecule has 7 nitrogen and oxygen atoms in total. The summed E-state index contributed by atoms with van der Waals surface area (Å²) in [6.07, 6.45) is 5.27. The van der Waals surface area contributed by atoms with Crippen LogP contribution in [0.1, 0.15) is 32.3 Å². The number of hydrogen-bond acceptors (Lipinski definition) is 4. The van der Waals surface area contributed by atoms with E-state index in [4.69, 9.17) is 4.74 Å². The zero-order valence-electron chi connectivity index (χ0n) is 16.1. The van der Waals surface area contributed by atoms with E-state index in [0.29, 0.717) is 19.7 Å². The molecule has 1 N–H and O–H groups in total. The number of carbonyl (C=O) groups is 2. The van der Waals surface area contributed by atoms with E-state index >= 15 is 0 Å². The third-order valence-corrected chi connectivity index (χ3v) is 4.59. The third kappa shape index (κ3) is 5.69. The Morgan fingerprint density at radius 3 is 2.58 bits per heavy atom. The maximum atomic E-state index is 12.5. The molecule has 0 aliphatic carbocycles. The highest BCUT2D eigenvalue weighted by Gasteiger charge is 2.29. The number of likely N-dealkylation sites (tertiary alicyclic amines) is 1. The Hall–Kier alpha value is -2.15. The first-order valence-electron chi connectivity index (χ1n) is 9.15. The van der Waals surface area contributed by atoms with Gasteiger partial charge in [-0.1, -0.05) is 19.9 Å². The average molecular weight is 362 g/mol. The standard InChI is InChI=1S/C19H30N4O3/c1-14(2)17(18(24)22(3)4)21-19(25)23-10-7-16(8-11-23)26-13-15-6-5-9-20-12-15/h5-6,9,12,14,16-17H,7-8,10-11,13H2,1-4H3,(H,21,25)/t17-/m0/s1. The first kappa shape index (κ1) is 20.2. The lowest BCUT2D eigenvalue weighted by Crippen LogP contribution is -2.54. The number of piperidine rings is 1. The van der Waals surface area contributed by atoms with Crippen molar-refractivity contribution in [2.75, 3.05) is 27.2 Å². The molecule has 1 saturated heterocycles. The van der Waals surface area contributed by atoms with Crippen LogP contribution in [-0.4, -0.2) is 66.1 Å². The molecule has 2 heterocycles. The van der Waals surface area contributed by atoms with Gasteiger partial charge in [-0.3, -0.25) is 9.78 Å². The fourth-order valence-corrected chi connectivity index (χ4v) is 2.94. The number of likely N-dealkylation sites (N-methyl/N-ethyl adjacent to an activating group) is 1. The number of aromatic nitrogens is 1. The first-order valence-corrected chi connectivity index (χ1v) is 9.15. The van der Waals surface area contributed by atoms with Gasteiger partial charge in [0.1, 0.15) is 6.04 Å². The maximum Gasteiger partial charge on any atom is 0.318 e. The summed E-state index contributed by atoms with van der Waals surface area (Å²) >= 11 is 0. The summed E-state index contributed by atoms with van der Waals surface area (Å²) in [5.41, 5.74) is 1.05. The minimum Gasteiger partial charge on any atom is -0.373 e. The quantitative estimate of drug-likeness (QED) is 0.838. The number of amides is 3. The van der Waals surface area contributed by atoms with Crippen LogP contribution in [0.3, 0.4) is 0 Å². The van der Waals surface area contributed by atoms with Crippen LogP contribution in [0.4, 0.5) is 4.79 Å². The molecule has 1 aromatic heterocycles. The number of nitrogens with zero attached hydrogens (tertiary/aromatic N) is 3. The predicted octanol–water partition coefficient (Wildman–Crippen LogP) is 1.88. The Bertz CT molecular complexity index is 584. The SMILES string of the molecule is CC(C)[C@H](NC(=O)N1CCC(OCc2cccnc2)CC1)C(=O)N(C)C. The van der Waals surface area contributed by atoms with Crippen LogP contribution < -0.4 is 5.32 Å². The van der Waals surface area contributed by atoms with Crippen molar-refractivity contribution >= 4 is 11.9 Å². The molecule has 0 spiro atoms. The van der Waals surface area contributed by atoms with E-state index in [1.54, 1.807) is 31.4 Å². The van der Waals surface area contributed by atoms with E-state index in [2.05, 4.69) is 10.3 Å². The lowest BCUT2D eigenvalue weighted by Gasteiger charge is -2.34. The molecule has 26 heavy (non-hydrogen) atoms. The highest BCUT2D eigenvalue weighted by atomic mass is 16.5. The molecular formula is C19H30N4O3. The molecule has 0 unspecified atom stereocenters. The number of hydrogen-bond donors (Lipinski definition) is 1. The van der Waals surface area contributed by atoms with E-state index in [9.17, 15) is 9.59 Å². The van der Waals surface area contributed by atoms with E-state index < -0.39 is 6.04 Å². The van der Waals surface area contributed by atoms with Crippen LogP contribution in [0.25, 0.3) is 0 Å². The average Bonchev–Trinajstić information content (AvgIpc) is 2.64. The van der Waals surface area contributed by atoms with Gasteiger partial charge in [-0.05, 0) is 30.4 Å². The summed E-state index contributed by atoms with van der Waals surface area (Å²) in [4.78, 5) is 32.1. The van der Waals surface area contributed by atoms with Crippen molar-refractivity contribution < 1.29 is 14.3 Å². The van der Waals surface area contributed by atoms with Crippen molar-refractivity contribution in [2.45, 2.75) is 45.4 Å². The summed E-state index contributed by atoms with van der Waals surface area (Å²) in [7, 11) is 3.41. The second-order valence-corrected chi connectivity index (χ2v) is 7.26. The minimum absolute atomic E-state index is 0.0363. The molecule has 0 bridgehead atoms. The number of pyridine rings is 1. The molecule has 0 saturated carbocycles. The van der Waals surface area contributed by atoms with Crippen LogP contribution in [0.5, 0.6) is 0 Å². The predicted molar refractivity (Wildman–Crippen MR) is 99.5 cm³/mol. The lowest BCUT2D eigenvalue weighted by molar-refractivity contribution is -0.131. The van der Waals surface area contributed by atoms with Crippen LogP contribution in [0, 0.1) is 5.92 Å². The van der Waals surface area contributed by atoms with E-state index in [-0.39, 0.29) is 24.0 Å². The summed E-state index contributed by atoms with van der Waals surface area (Å²) in [6, 6.07) is 3.21. The molecule has 144 valence electrons. The van der Waals surface area contributed by atoms with Gasteiger partial charge < -0.3 is 19.9 Å². The van der Waals surface area contributed by atoms with E-state index in [1.165, 1.54) is 4.90 Å². The van der Waals surface area contributed by atoms with Crippen molar-refractivity contribution in [1.82, 2.24) is 20.1 Å². The smallest absolute Gasteiger partial charge is 0.318 e. The summed E-state index contributed by atoms with van der Waals surface area (Å²) in [6.45, 7) is 5.67. The van der Waals surface area contributed by atoms with Gasteiger partial charge in [0.05, 0.1) is 12.7 Å². The fourth-order valence-electron chi connectivity index (χ4n) is 2.94. The van der Waals surface area contributed by atoms with Gasteiger partial charge in [0, 0.05) is 39.6 Å². The van der Waals surface area contributed by atoms with E-state index in [1.807, 2.05) is 26.0 Å². The molecule has 1 aliphatic rings. The molecule has 0 aromatic carbocycles. The molecular weight excluding hydrogens is 332 g/mol. The van der Waals surface area contributed by atoms with E-state index in [0.717, 1.165) is 18.4 Å². The molecule has 2 rings (SSSR count). The maximum absolute atomic E-state index is 12.5. The summed E-state index contributed by atoms with van der Waals surface area (Å²) < 4.78 is 5.93. The van der Waals surface area contributed by atoms with Crippen LogP contribution in [-0.2, 0) is 16.1 Å². The van der Waals surface area contributed by atoms with Crippen molar-refractivity contribution in [3.63, 3.8) is 0 Å². The van der Waals surface area contributed by atoms with Gasteiger partial charge in [-0.25, -0.2) is 4.79 Å². The summed E-state index contributed by atoms with van der Waals surface area (Å²) in [5.74, 6) is -0.0442. The molecule has 1 aromatic rings. The van der Waals surface area contributed by atoms with Crippen molar-refractivity contribution in [3.05, 3.63) is 30.1 Å². The summed E-state index contributed by atoms with van der Waals surface area (Å²) in [5, 5.41) is 2.89. The van der Waals surface area contributed by atoms with Crippen LogP contribution in [0.15, 0.2) is 24.5 Å². The fraction of sp³-hybridized carbons (Fsp3) is 0.632. The monoisotopic (exact) mass is 362 g/mol. The Balaban J connectivity index is 1.79. The number of rotatable bonds is 6. The lowest BCUT2D eigenvalue weighted by atomic mass is 10.0. The van der Waals surface area contributed by atoms with Gasteiger partial charge in [0.25, 0.3) is 0 Å². The molecule has 7 heteroatoms. The highest BCUT2D eigenvalue weighted by Crippen LogP contribution is 2.16. The molecule has 1 fully saturated rings. The Labute approximate surface area is 155 Å². The number of nitrogens with one attached hydrogen (secondary N) is 1.